The Morgan fingerprint density at radius 1 is 1.29 bits per heavy atom. The molecule has 3 aromatic rings. The average Bonchev–Trinajstić information content (AvgIpc) is 2.82. The fourth-order valence-corrected chi connectivity index (χ4v) is 2.45. The molecule has 6 heteroatoms. The molecule has 0 aliphatic carbocycles. The van der Waals surface area contributed by atoms with E-state index in [1.807, 2.05) is 24.3 Å². The number of nitrogen functional groups attached to an aromatic ring is 1. The molecule has 0 unspecified atom stereocenters. The van der Waals surface area contributed by atoms with Crippen LogP contribution >= 0.6 is 11.3 Å². The van der Waals surface area contributed by atoms with Crippen molar-refractivity contribution in [1.29, 1.82) is 0 Å². The van der Waals surface area contributed by atoms with Crippen LogP contribution in [0.15, 0.2) is 24.3 Å². The molecule has 0 radical (unpaired) electrons. The maximum atomic E-state index is 9.55. The minimum atomic E-state index is -0.00652. The number of nitrogens with two attached hydrogens (primary N) is 1. The fraction of sp³-hybridized carbons (Fsp3) is 0.0909. The lowest BCUT2D eigenvalue weighted by molar-refractivity contribution is 0.452. The van der Waals surface area contributed by atoms with Crippen molar-refractivity contribution in [3.63, 3.8) is 0 Å². The van der Waals surface area contributed by atoms with Crippen LogP contribution in [0.25, 0.3) is 11.0 Å². The predicted molar refractivity (Wildman–Crippen MR) is 67.1 cm³/mol. The minimum Gasteiger partial charge on any atom is -0.492 e. The molecule has 0 atom stereocenters. The topological polar surface area (TPSA) is 87.8 Å². The summed E-state index contributed by atoms with van der Waals surface area (Å²) in [5, 5.41) is 9.91. The standard InChI is InChI=1S/C11H10N4OS/c12-11-15-10(16)8(17-11)5-9-13-6-3-1-2-4-7(6)14-9/h1-4,16H,5H2,(H2,12,15)(H,13,14). The van der Waals surface area contributed by atoms with Gasteiger partial charge in [0.25, 0.3) is 0 Å². The van der Waals surface area contributed by atoms with Gasteiger partial charge in [-0.2, -0.15) is 4.98 Å². The molecule has 0 bridgehead atoms. The number of anilines is 1. The first-order chi connectivity index (χ1) is 8.22. The Labute approximate surface area is 101 Å². The third-order valence-electron chi connectivity index (χ3n) is 2.46. The SMILES string of the molecule is Nc1nc(O)c(Cc2nc3ccccc3[nH]2)s1. The van der Waals surface area contributed by atoms with Crippen LogP contribution in [-0.2, 0) is 6.42 Å². The number of hydrogen-bond acceptors (Lipinski definition) is 5. The van der Waals surface area contributed by atoms with E-state index < -0.39 is 0 Å². The lowest BCUT2D eigenvalue weighted by Crippen LogP contribution is -1.87. The summed E-state index contributed by atoms with van der Waals surface area (Å²) in [4.78, 5) is 12.1. The molecular weight excluding hydrogens is 236 g/mol. The fourth-order valence-electron chi connectivity index (χ4n) is 1.72. The summed E-state index contributed by atoms with van der Waals surface area (Å²) >= 11 is 1.28. The molecule has 2 aromatic heterocycles. The first-order valence-corrected chi connectivity index (χ1v) is 5.92. The van der Waals surface area contributed by atoms with E-state index in [0.29, 0.717) is 11.6 Å². The molecule has 5 nitrogen and oxygen atoms in total. The van der Waals surface area contributed by atoms with Crippen LogP contribution in [0.1, 0.15) is 10.7 Å². The predicted octanol–water partition coefficient (Wildman–Crippen LogP) is 1.90. The second kappa shape index (κ2) is 3.74. The van der Waals surface area contributed by atoms with Gasteiger partial charge in [-0.05, 0) is 12.1 Å². The largest absolute Gasteiger partial charge is 0.492 e. The van der Waals surface area contributed by atoms with Crippen molar-refractivity contribution in [2.45, 2.75) is 6.42 Å². The van der Waals surface area contributed by atoms with Crippen LogP contribution in [0.3, 0.4) is 0 Å². The van der Waals surface area contributed by atoms with Crippen LogP contribution in [-0.4, -0.2) is 20.1 Å². The van der Waals surface area contributed by atoms with Gasteiger partial charge in [0, 0.05) is 6.42 Å². The highest BCUT2D eigenvalue weighted by atomic mass is 32.1. The van der Waals surface area contributed by atoms with Gasteiger partial charge in [-0.1, -0.05) is 23.5 Å². The molecule has 3 rings (SSSR count). The molecule has 0 amide bonds. The van der Waals surface area contributed by atoms with E-state index in [1.54, 1.807) is 0 Å². The number of nitrogens with one attached hydrogen (secondary N) is 1. The number of fused-ring (bicyclic) bond motifs is 1. The van der Waals surface area contributed by atoms with Crippen LogP contribution in [0.2, 0.25) is 0 Å². The summed E-state index contributed by atoms with van der Waals surface area (Å²) in [6, 6.07) is 7.80. The molecule has 4 N–H and O–H groups in total. The Morgan fingerprint density at radius 2 is 2.12 bits per heavy atom. The van der Waals surface area contributed by atoms with Gasteiger partial charge in [-0.15, -0.1) is 0 Å². The van der Waals surface area contributed by atoms with Crippen molar-refractivity contribution in [1.82, 2.24) is 15.0 Å². The number of rotatable bonds is 2. The third-order valence-corrected chi connectivity index (χ3v) is 3.33. The number of aromatic hydroxyl groups is 1. The molecule has 0 fully saturated rings. The second-order valence-electron chi connectivity index (χ2n) is 3.68. The number of para-hydroxylation sites is 2. The molecule has 1 aromatic carbocycles. The Morgan fingerprint density at radius 3 is 2.82 bits per heavy atom. The summed E-state index contributed by atoms with van der Waals surface area (Å²) < 4.78 is 0. The summed E-state index contributed by atoms with van der Waals surface area (Å²) in [5.41, 5.74) is 7.43. The minimum absolute atomic E-state index is 0.00652. The van der Waals surface area contributed by atoms with Crippen LogP contribution in [0.4, 0.5) is 5.13 Å². The highest BCUT2D eigenvalue weighted by Crippen LogP contribution is 2.27. The number of aromatic amines is 1. The lowest BCUT2D eigenvalue weighted by atomic mass is 10.3. The smallest absolute Gasteiger partial charge is 0.227 e. The first-order valence-electron chi connectivity index (χ1n) is 5.10. The van der Waals surface area contributed by atoms with E-state index in [0.717, 1.165) is 21.7 Å². The van der Waals surface area contributed by atoms with Crippen molar-refractivity contribution in [2.75, 3.05) is 5.73 Å². The third kappa shape index (κ3) is 1.83. The van der Waals surface area contributed by atoms with E-state index in [-0.39, 0.29) is 5.88 Å². The van der Waals surface area contributed by atoms with E-state index in [2.05, 4.69) is 15.0 Å². The van der Waals surface area contributed by atoms with Crippen LogP contribution in [0.5, 0.6) is 5.88 Å². The van der Waals surface area contributed by atoms with Gasteiger partial charge in [0.2, 0.25) is 5.88 Å². The molecular formula is C11H10N4OS. The Hall–Kier alpha value is -2.08. The van der Waals surface area contributed by atoms with Gasteiger partial charge >= 0.3 is 0 Å². The highest BCUT2D eigenvalue weighted by Gasteiger charge is 2.11. The van der Waals surface area contributed by atoms with Crippen molar-refractivity contribution >= 4 is 27.5 Å². The zero-order chi connectivity index (χ0) is 11.8. The molecule has 86 valence electrons. The number of imidazole rings is 1. The summed E-state index contributed by atoms with van der Waals surface area (Å²) in [7, 11) is 0. The van der Waals surface area contributed by atoms with Crippen molar-refractivity contribution in [2.24, 2.45) is 0 Å². The quantitative estimate of drug-likeness (QED) is 0.644. The van der Waals surface area contributed by atoms with Gasteiger partial charge in [0.15, 0.2) is 5.13 Å². The molecule has 0 aliphatic rings. The second-order valence-corrected chi connectivity index (χ2v) is 4.79. The Balaban J connectivity index is 1.97. The number of nitrogens with zero attached hydrogens (tertiary/aromatic N) is 2. The monoisotopic (exact) mass is 246 g/mol. The summed E-state index contributed by atoms with van der Waals surface area (Å²) in [5.74, 6) is 0.790. The van der Waals surface area contributed by atoms with Crippen molar-refractivity contribution in [3.05, 3.63) is 35.0 Å². The normalized spacial score (nSPS) is 11.1. The maximum absolute atomic E-state index is 9.55. The number of aromatic nitrogens is 3. The molecule has 0 saturated heterocycles. The molecule has 0 spiro atoms. The molecule has 0 aliphatic heterocycles. The van der Waals surface area contributed by atoms with Crippen molar-refractivity contribution < 1.29 is 5.11 Å². The zero-order valence-corrected chi connectivity index (χ0v) is 9.66. The van der Waals surface area contributed by atoms with Gasteiger partial charge in [-0.3, -0.25) is 0 Å². The van der Waals surface area contributed by atoms with E-state index in [1.165, 1.54) is 11.3 Å². The number of H-pyrrole nitrogens is 1. The summed E-state index contributed by atoms with van der Waals surface area (Å²) in [6.45, 7) is 0. The van der Waals surface area contributed by atoms with Gasteiger partial charge in [0.05, 0.1) is 15.9 Å². The highest BCUT2D eigenvalue weighted by molar-refractivity contribution is 7.15. The molecule has 0 saturated carbocycles. The van der Waals surface area contributed by atoms with Crippen LogP contribution in [0, 0.1) is 0 Å². The van der Waals surface area contributed by atoms with Gasteiger partial charge in [0.1, 0.15) is 5.82 Å². The number of benzene rings is 1. The molecule has 2 heterocycles. The average molecular weight is 246 g/mol. The molecule has 17 heavy (non-hydrogen) atoms. The van der Waals surface area contributed by atoms with Gasteiger partial charge < -0.3 is 15.8 Å². The summed E-state index contributed by atoms with van der Waals surface area (Å²) in [6.07, 6.45) is 0.509. The zero-order valence-electron chi connectivity index (χ0n) is 8.84. The number of hydrogen-bond donors (Lipinski definition) is 3. The Kier molecular flexibility index (Phi) is 2.22. The van der Waals surface area contributed by atoms with Crippen molar-refractivity contribution in [3.8, 4) is 5.88 Å². The van der Waals surface area contributed by atoms with Gasteiger partial charge in [-0.25, -0.2) is 4.98 Å². The lowest BCUT2D eigenvalue weighted by Gasteiger charge is -1.92. The maximum Gasteiger partial charge on any atom is 0.227 e. The van der Waals surface area contributed by atoms with E-state index in [9.17, 15) is 5.11 Å². The number of thiazole rings is 1. The first kappa shape index (κ1) is 10.1. The van der Waals surface area contributed by atoms with E-state index >= 15 is 0 Å². The van der Waals surface area contributed by atoms with Crippen LogP contribution < -0.4 is 5.73 Å². The van der Waals surface area contributed by atoms with E-state index in [4.69, 9.17) is 5.73 Å². The Bertz CT molecular complexity index is 640.